The number of aromatic nitrogens is 2. The molecule has 0 amide bonds. The number of halogens is 1. The van der Waals surface area contributed by atoms with E-state index in [1.165, 1.54) is 16.1 Å². The lowest BCUT2D eigenvalue weighted by molar-refractivity contribution is 0.412. The van der Waals surface area contributed by atoms with Crippen LogP contribution in [-0.2, 0) is 5.88 Å². The van der Waals surface area contributed by atoms with E-state index in [-0.39, 0.29) is 0 Å². The Morgan fingerprint density at radius 1 is 1.35 bits per heavy atom. The standard InChI is InChI=1S/C15H15ClN2OS/c1-9-6-11(4-5-13(9)19-3)14-10(2)20-15-17-12(7-16)8-18(14)15/h4-6,8H,7H2,1-3H3. The van der Waals surface area contributed by atoms with Crippen LogP contribution < -0.4 is 4.74 Å². The van der Waals surface area contributed by atoms with Gasteiger partial charge in [-0.25, -0.2) is 4.98 Å². The number of alkyl halides is 1. The average molecular weight is 307 g/mol. The van der Waals surface area contributed by atoms with Gasteiger partial charge in [-0.2, -0.15) is 0 Å². The highest BCUT2D eigenvalue weighted by Crippen LogP contribution is 2.33. The largest absolute Gasteiger partial charge is 0.496 e. The first-order valence-electron chi connectivity index (χ1n) is 6.32. The predicted molar refractivity (Wildman–Crippen MR) is 84.1 cm³/mol. The van der Waals surface area contributed by atoms with Crippen LogP contribution in [0.4, 0.5) is 0 Å². The number of rotatable bonds is 3. The Kier molecular flexibility index (Phi) is 3.44. The van der Waals surface area contributed by atoms with Crippen molar-refractivity contribution < 1.29 is 4.74 Å². The summed E-state index contributed by atoms with van der Waals surface area (Å²) >= 11 is 7.56. The van der Waals surface area contributed by atoms with Gasteiger partial charge in [-0.15, -0.1) is 22.9 Å². The minimum Gasteiger partial charge on any atom is -0.496 e. The van der Waals surface area contributed by atoms with Crippen LogP contribution in [0, 0.1) is 13.8 Å². The Bertz CT molecular complexity index is 776. The van der Waals surface area contributed by atoms with Crippen molar-refractivity contribution in [2.45, 2.75) is 19.7 Å². The van der Waals surface area contributed by atoms with E-state index in [9.17, 15) is 0 Å². The summed E-state index contributed by atoms with van der Waals surface area (Å²) in [6, 6.07) is 6.24. The first-order chi connectivity index (χ1) is 9.63. The first-order valence-corrected chi connectivity index (χ1v) is 7.67. The molecule has 2 aromatic heterocycles. The molecule has 5 heteroatoms. The van der Waals surface area contributed by atoms with E-state index in [0.29, 0.717) is 5.88 Å². The van der Waals surface area contributed by atoms with Gasteiger partial charge < -0.3 is 4.74 Å². The van der Waals surface area contributed by atoms with Crippen molar-refractivity contribution in [2.75, 3.05) is 7.11 Å². The van der Waals surface area contributed by atoms with Crippen LogP contribution in [0.3, 0.4) is 0 Å². The molecular formula is C15H15ClN2OS. The molecule has 0 saturated heterocycles. The van der Waals surface area contributed by atoms with E-state index in [1.54, 1.807) is 18.4 Å². The van der Waals surface area contributed by atoms with Crippen LogP contribution >= 0.6 is 22.9 Å². The summed E-state index contributed by atoms with van der Waals surface area (Å²) in [7, 11) is 1.69. The van der Waals surface area contributed by atoms with Crippen molar-refractivity contribution in [2.24, 2.45) is 0 Å². The second kappa shape index (κ2) is 5.11. The number of nitrogens with zero attached hydrogens (tertiary/aromatic N) is 2. The van der Waals surface area contributed by atoms with Gasteiger partial charge >= 0.3 is 0 Å². The summed E-state index contributed by atoms with van der Waals surface area (Å²) < 4.78 is 7.45. The fourth-order valence-corrected chi connectivity index (χ4v) is 3.55. The van der Waals surface area contributed by atoms with Crippen LogP contribution in [0.15, 0.2) is 24.4 Å². The third-order valence-electron chi connectivity index (χ3n) is 3.35. The molecule has 0 aliphatic rings. The lowest BCUT2D eigenvalue weighted by Gasteiger charge is -2.08. The van der Waals surface area contributed by atoms with Gasteiger partial charge in [0.25, 0.3) is 0 Å². The molecule has 0 atom stereocenters. The molecule has 0 fully saturated rings. The summed E-state index contributed by atoms with van der Waals surface area (Å²) in [6.07, 6.45) is 2.01. The van der Waals surface area contributed by atoms with E-state index in [2.05, 4.69) is 35.4 Å². The van der Waals surface area contributed by atoms with Gasteiger partial charge in [0.2, 0.25) is 0 Å². The summed E-state index contributed by atoms with van der Waals surface area (Å²) in [5.41, 5.74) is 4.39. The number of imidazole rings is 1. The smallest absolute Gasteiger partial charge is 0.194 e. The van der Waals surface area contributed by atoms with Crippen LogP contribution in [0.1, 0.15) is 16.1 Å². The fourth-order valence-electron chi connectivity index (χ4n) is 2.43. The molecule has 2 heterocycles. The third-order valence-corrected chi connectivity index (χ3v) is 4.59. The van der Waals surface area contributed by atoms with Gasteiger partial charge in [-0.1, -0.05) is 0 Å². The van der Waals surface area contributed by atoms with Crippen molar-refractivity contribution in [3.63, 3.8) is 0 Å². The monoisotopic (exact) mass is 306 g/mol. The van der Waals surface area contributed by atoms with Crippen LogP contribution in [0.2, 0.25) is 0 Å². The molecule has 0 unspecified atom stereocenters. The molecule has 3 rings (SSSR count). The Balaban J connectivity index is 2.19. The number of thiazole rings is 1. The third kappa shape index (κ3) is 2.09. The van der Waals surface area contributed by atoms with Crippen molar-refractivity contribution in [1.82, 2.24) is 9.38 Å². The van der Waals surface area contributed by atoms with Crippen molar-refractivity contribution in [3.05, 3.63) is 40.5 Å². The second-order valence-electron chi connectivity index (χ2n) is 4.71. The minimum atomic E-state index is 0.439. The van der Waals surface area contributed by atoms with Gasteiger partial charge in [0.05, 0.1) is 24.4 Å². The lowest BCUT2D eigenvalue weighted by atomic mass is 10.1. The van der Waals surface area contributed by atoms with E-state index < -0.39 is 0 Å². The molecule has 3 nitrogen and oxygen atoms in total. The molecule has 0 aliphatic heterocycles. The first kappa shape index (κ1) is 13.5. The lowest BCUT2D eigenvalue weighted by Crippen LogP contribution is -1.90. The zero-order valence-corrected chi connectivity index (χ0v) is 13.2. The van der Waals surface area contributed by atoms with Crippen LogP contribution in [-0.4, -0.2) is 16.5 Å². The SMILES string of the molecule is COc1ccc(-c2c(C)sc3nc(CCl)cn23)cc1C. The van der Waals surface area contributed by atoms with Crippen molar-refractivity contribution in [3.8, 4) is 17.0 Å². The van der Waals surface area contributed by atoms with Crippen molar-refractivity contribution >= 4 is 27.9 Å². The number of hydrogen-bond acceptors (Lipinski definition) is 3. The predicted octanol–water partition coefficient (Wildman–Crippen LogP) is 4.43. The highest BCUT2D eigenvalue weighted by molar-refractivity contribution is 7.17. The Hall–Kier alpha value is -1.52. The topological polar surface area (TPSA) is 26.5 Å². The maximum atomic E-state index is 5.87. The van der Waals surface area contributed by atoms with E-state index in [4.69, 9.17) is 16.3 Å². The molecule has 0 saturated carbocycles. The molecule has 0 radical (unpaired) electrons. The molecule has 20 heavy (non-hydrogen) atoms. The van der Waals surface area contributed by atoms with E-state index in [0.717, 1.165) is 22.0 Å². The van der Waals surface area contributed by atoms with Gasteiger partial charge in [0, 0.05) is 16.6 Å². The molecule has 0 N–H and O–H groups in total. The minimum absolute atomic E-state index is 0.439. The highest BCUT2D eigenvalue weighted by Gasteiger charge is 2.14. The molecule has 0 bridgehead atoms. The number of hydrogen-bond donors (Lipinski definition) is 0. The summed E-state index contributed by atoms with van der Waals surface area (Å²) in [5, 5.41) is 0. The highest BCUT2D eigenvalue weighted by atomic mass is 35.5. The molecule has 0 spiro atoms. The van der Waals surface area contributed by atoms with Crippen LogP contribution in [0.5, 0.6) is 5.75 Å². The fraction of sp³-hybridized carbons (Fsp3) is 0.267. The number of methoxy groups -OCH3 is 1. The number of ether oxygens (including phenoxy) is 1. The van der Waals surface area contributed by atoms with Crippen LogP contribution in [0.25, 0.3) is 16.2 Å². The van der Waals surface area contributed by atoms with E-state index in [1.807, 2.05) is 12.3 Å². The maximum Gasteiger partial charge on any atom is 0.194 e. The van der Waals surface area contributed by atoms with Crippen molar-refractivity contribution in [1.29, 1.82) is 0 Å². The Labute approximate surface area is 126 Å². The summed E-state index contributed by atoms with van der Waals surface area (Å²) in [4.78, 5) is 6.76. The number of fused-ring (bicyclic) bond motifs is 1. The van der Waals surface area contributed by atoms with Gasteiger partial charge in [-0.3, -0.25) is 4.40 Å². The zero-order valence-electron chi connectivity index (χ0n) is 11.6. The Morgan fingerprint density at radius 3 is 2.80 bits per heavy atom. The molecule has 104 valence electrons. The summed E-state index contributed by atoms with van der Waals surface area (Å²) in [5.74, 6) is 1.35. The van der Waals surface area contributed by atoms with Gasteiger partial charge in [0.1, 0.15) is 5.75 Å². The van der Waals surface area contributed by atoms with E-state index >= 15 is 0 Å². The Morgan fingerprint density at radius 2 is 2.15 bits per heavy atom. The molecular weight excluding hydrogens is 292 g/mol. The summed E-state index contributed by atoms with van der Waals surface area (Å²) in [6.45, 7) is 4.17. The number of benzene rings is 1. The van der Waals surface area contributed by atoms with Gasteiger partial charge in [-0.05, 0) is 37.6 Å². The normalized spacial score (nSPS) is 11.2. The van der Waals surface area contributed by atoms with Gasteiger partial charge in [0.15, 0.2) is 4.96 Å². The molecule has 1 aromatic carbocycles. The second-order valence-corrected chi connectivity index (χ2v) is 6.16. The average Bonchev–Trinajstić information content (AvgIpc) is 2.94. The molecule has 3 aromatic rings. The molecule has 0 aliphatic carbocycles. The maximum absolute atomic E-state index is 5.87. The zero-order chi connectivity index (χ0) is 14.3. The number of aryl methyl sites for hydroxylation is 2. The quantitative estimate of drug-likeness (QED) is 0.669.